The van der Waals surface area contributed by atoms with Crippen LogP contribution in [0, 0.1) is 11.3 Å². The van der Waals surface area contributed by atoms with Crippen molar-refractivity contribution in [2.75, 3.05) is 37.7 Å². The van der Waals surface area contributed by atoms with E-state index in [0.717, 1.165) is 48.6 Å². The topological polar surface area (TPSA) is 120 Å². The number of amides is 1. The number of hydrogen-bond acceptors (Lipinski definition) is 7. The molecule has 0 spiro atoms. The number of aliphatic hydroxyl groups excluding tert-OH is 2. The van der Waals surface area contributed by atoms with E-state index >= 15 is 0 Å². The fraction of sp³-hybridized carbons (Fsp3) is 0.400. The van der Waals surface area contributed by atoms with Crippen LogP contribution in [0.15, 0.2) is 54.1 Å². The molecule has 0 radical (unpaired) electrons. The zero-order valence-corrected chi connectivity index (χ0v) is 22.3. The van der Waals surface area contributed by atoms with Crippen molar-refractivity contribution in [2.45, 2.75) is 38.3 Å². The first kappa shape index (κ1) is 26.9. The van der Waals surface area contributed by atoms with E-state index in [1.54, 1.807) is 6.92 Å². The van der Waals surface area contributed by atoms with E-state index in [0.29, 0.717) is 12.0 Å². The van der Waals surface area contributed by atoms with E-state index in [4.69, 9.17) is 9.47 Å². The Kier molecular flexibility index (Phi) is 8.00. The van der Waals surface area contributed by atoms with Crippen molar-refractivity contribution in [3.05, 3.63) is 59.8 Å². The minimum absolute atomic E-state index is 0.00816. The molecule has 3 heterocycles. The summed E-state index contributed by atoms with van der Waals surface area (Å²) in [4.78, 5) is 15.2. The Hall–Kier alpha value is -3.68. The Morgan fingerprint density at radius 2 is 1.82 bits per heavy atom. The average molecular weight is 531 g/mol. The molecule has 9 heteroatoms. The van der Waals surface area contributed by atoms with Crippen LogP contribution in [0.1, 0.15) is 25.5 Å². The number of anilines is 1. The van der Waals surface area contributed by atoms with Gasteiger partial charge in [-0.2, -0.15) is 5.26 Å². The van der Waals surface area contributed by atoms with Gasteiger partial charge in [-0.3, -0.25) is 4.79 Å². The fourth-order valence-corrected chi connectivity index (χ4v) is 5.41. The van der Waals surface area contributed by atoms with Gasteiger partial charge in [0.05, 0.1) is 25.4 Å². The Morgan fingerprint density at radius 1 is 1.08 bits per heavy atom. The molecule has 3 unspecified atom stereocenters. The summed E-state index contributed by atoms with van der Waals surface area (Å²) in [5.41, 5.74) is 4.54. The van der Waals surface area contributed by atoms with Crippen molar-refractivity contribution >= 4 is 27.9 Å². The number of hydrogen-bond donors (Lipinski definition) is 3. The molecule has 3 atom stereocenters. The van der Waals surface area contributed by atoms with Crippen molar-refractivity contribution in [1.82, 2.24) is 9.88 Å². The minimum Gasteiger partial charge on any atom is -0.393 e. The fourth-order valence-electron chi connectivity index (χ4n) is 5.41. The highest BCUT2D eigenvalue weighted by Crippen LogP contribution is 2.31. The highest BCUT2D eigenvalue weighted by Gasteiger charge is 2.28. The number of nitrogens with one attached hydrogen (secondary N) is 1. The summed E-state index contributed by atoms with van der Waals surface area (Å²) < 4.78 is 12.8. The maximum Gasteiger partial charge on any atom is 0.262 e. The van der Waals surface area contributed by atoms with Gasteiger partial charge >= 0.3 is 0 Å². The van der Waals surface area contributed by atoms with Crippen LogP contribution in [0.2, 0.25) is 0 Å². The number of allylic oxidation sites excluding steroid dienone is 1. The van der Waals surface area contributed by atoms with Gasteiger partial charge in [-0.1, -0.05) is 18.2 Å². The second kappa shape index (κ2) is 11.6. The molecule has 3 aromatic rings. The highest BCUT2D eigenvalue weighted by molar-refractivity contribution is 6.04. The van der Waals surface area contributed by atoms with Gasteiger partial charge in [0.2, 0.25) is 0 Å². The molecule has 9 nitrogen and oxygen atoms in total. The number of fused-ring (bicyclic) bond motifs is 1. The SMILES string of the molecule is C/C(=C(/C#N)C(=O)NCC1CC(O)CC(O)O1)c1ccc(-c2ccc3cc(N4CCOCC4)ccc3c2)n1C. The standard InChI is InChI=1S/C30H34N4O5/c1-19(26(17-31)30(37)32-18-25-15-24(35)16-29(36)39-25)27-7-8-28(33(27)2)22-4-3-21-14-23(6-5-20(21)13-22)34-9-11-38-12-10-34/h3-8,13-14,24-25,29,35-36H,9-12,15-16,18H2,1-2H3,(H,32,37)/b26-19+. The van der Waals surface area contributed by atoms with E-state index in [1.807, 2.05) is 29.8 Å². The van der Waals surface area contributed by atoms with Gasteiger partial charge in [0.15, 0.2) is 6.29 Å². The molecule has 39 heavy (non-hydrogen) atoms. The molecular formula is C30H34N4O5. The molecule has 1 amide bonds. The number of nitriles is 1. The average Bonchev–Trinajstić information content (AvgIpc) is 3.32. The van der Waals surface area contributed by atoms with E-state index < -0.39 is 24.4 Å². The third-order valence-electron chi connectivity index (χ3n) is 7.56. The van der Waals surface area contributed by atoms with E-state index in [1.165, 1.54) is 11.1 Å². The van der Waals surface area contributed by atoms with Crippen LogP contribution in [0.25, 0.3) is 27.6 Å². The summed E-state index contributed by atoms with van der Waals surface area (Å²) in [6.45, 7) is 5.14. The number of carbonyl (C=O) groups excluding carboxylic acids is 1. The predicted molar refractivity (Wildman–Crippen MR) is 149 cm³/mol. The summed E-state index contributed by atoms with van der Waals surface area (Å²) in [7, 11) is 1.92. The lowest BCUT2D eigenvalue weighted by Crippen LogP contribution is -2.42. The number of ether oxygens (including phenoxy) is 2. The maximum atomic E-state index is 12.9. The van der Waals surface area contributed by atoms with Crippen LogP contribution in [0.4, 0.5) is 5.69 Å². The summed E-state index contributed by atoms with van der Waals surface area (Å²) in [6.07, 6.45) is -1.81. The number of carbonyl (C=O) groups is 1. The minimum atomic E-state index is -1.06. The Balaban J connectivity index is 1.34. The molecular weight excluding hydrogens is 496 g/mol. The van der Waals surface area contributed by atoms with Gasteiger partial charge in [-0.25, -0.2) is 0 Å². The molecule has 204 valence electrons. The van der Waals surface area contributed by atoms with Crippen LogP contribution >= 0.6 is 0 Å². The van der Waals surface area contributed by atoms with E-state index in [2.05, 4.69) is 46.6 Å². The summed E-state index contributed by atoms with van der Waals surface area (Å²) in [5.74, 6) is -0.516. The van der Waals surface area contributed by atoms with E-state index in [-0.39, 0.29) is 18.5 Å². The number of benzene rings is 2. The molecule has 0 saturated carbocycles. The van der Waals surface area contributed by atoms with Gasteiger partial charge in [-0.15, -0.1) is 0 Å². The molecule has 2 aliphatic heterocycles. The maximum absolute atomic E-state index is 12.9. The normalized spacial score (nSPS) is 22.3. The molecule has 0 aliphatic carbocycles. The van der Waals surface area contributed by atoms with Crippen molar-refractivity contribution in [3.63, 3.8) is 0 Å². The first-order chi connectivity index (χ1) is 18.8. The Bertz CT molecular complexity index is 1420. The molecule has 2 fully saturated rings. The van der Waals surface area contributed by atoms with Crippen LogP contribution in [0.3, 0.4) is 0 Å². The van der Waals surface area contributed by atoms with Crippen LogP contribution < -0.4 is 10.2 Å². The van der Waals surface area contributed by atoms with Crippen molar-refractivity contribution < 1.29 is 24.5 Å². The molecule has 2 saturated heterocycles. The monoisotopic (exact) mass is 530 g/mol. The lowest BCUT2D eigenvalue weighted by molar-refractivity contribution is -0.187. The van der Waals surface area contributed by atoms with Gasteiger partial charge < -0.3 is 34.5 Å². The van der Waals surface area contributed by atoms with Gasteiger partial charge in [0, 0.05) is 56.6 Å². The third-order valence-corrected chi connectivity index (χ3v) is 7.56. The summed E-state index contributed by atoms with van der Waals surface area (Å²) >= 11 is 0. The van der Waals surface area contributed by atoms with Crippen LogP contribution in [0.5, 0.6) is 0 Å². The third kappa shape index (κ3) is 5.84. The zero-order valence-electron chi connectivity index (χ0n) is 22.3. The summed E-state index contributed by atoms with van der Waals surface area (Å²) in [6, 6.07) is 18.8. The molecule has 1 aromatic heterocycles. The molecule has 2 aromatic carbocycles. The van der Waals surface area contributed by atoms with Gasteiger partial charge in [-0.05, 0) is 59.2 Å². The second-order valence-electron chi connectivity index (χ2n) is 10.2. The number of nitrogens with zero attached hydrogens (tertiary/aromatic N) is 3. The number of rotatable bonds is 6. The number of morpholine rings is 1. The lowest BCUT2D eigenvalue weighted by Gasteiger charge is -2.30. The number of aliphatic hydroxyl groups is 2. The first-order valence-corrected chi connectivity index (χ1v) is 13.3. The van der Waals surface area contributed by atoms with Gasteiger partial charge in [0.25, 0.3) is 5.91 Å². The van der Waals surface area contributed by atoms with Gasteiger partial charge in [0.1, 0.15) is 11.6 Å². The van der Waals surface area contributed by atoms with Crippen LogP contribution in [-0.4, -0.2) is 72.0 Å². The number of aromatic nitrogens is 1. The molecule has 2 aliphatic rings. The smallest absolute Gasteiger partial charge is 0.262 e. The lowest BCUT2D eigenvalue weighted by atomic mass is 10.0. The molecule has 5 rings (SSSR count). The second-order valence-corrected chi connectivity index (χ2v) is 10.2. The zero-order chi connectivity index (χ0) is 27.5. The largest absolute Gasteiger partial charge is 0.393 e. The van der Waals surface area contributed by atoms with Crippen LogP contribution in [-0.2, 0) is 21.3 Å². The van der Waals surface area contributed by atoms with Crippen molar-refractivity contribution in [1.29, 1.82) is 5.26 Å². The predicted octanol–water partition coefficient (Wildman–Crippen LogP) is 2.95. The van der Waals surface area contributed by atoms with E-state index in [9.17, 15) is 20.3 Å². The highest BCUT2D eigenvalue weighted by atomic mass is 16.6. The summed E-state index contributed by atoms with van der Waals surface area (Å²) in [5, 5.41) is 34.3. The Morgan fingerprint density at radius 3 is 2.56 bits per heavy atom. The molecule has 3 N–H and O–H groups in total. The molecule has 0 bridgehead atoms. The quantitative estimate of drug-likeness (QED) is 0.331. The first-order valence-electron chi connectivity index (χ1n) is 13.3. The van der Waals surface area contributed by atoms with Crippen molar-refractivity contribution in [3.8, 4) is 17.3 Å². The van der Waals surface area contributed by atoms with Crippen molar-refractivity contribution in [2.24, 2.45) is 7.05 Å². The Labute approximate surface area is 227 Å².